The van der Waals surface area contributed by atoms with Crippen LogP contribution in [0.25, 0.3) is 0 Å². The van der Waals surface area contributed by atoms with Gasteiger partial charge in [-0.25, -0.2) is 0 Å². The van der Waals surface area contributed by atoms with Crippen LogP contribution in [0.1, 0.15) is 38.2 Å². The zero-order valence-electron chi connectivity index (χ0n) is 11.9. The van der Waals surface area contributed by atoms with Crippen molar-refractivity contribution in [2.45, 2.75) is 44.6 Å². The molecule has 1 fully saturated rings. The van der Waals surface area contributed by atoms with E-state index in [1.54, 1.807) is 0 Å². The van der Waals surface area contributed by atoms with Crippen LogP contribution in [0, 0.1) is 5.92 Å². The van der Waals surface area contributed by atoms with E-state index in [4.69, 9.17) is 11.6 Å². The van der Waals surface area contributed by atoms with E-state index in [9.17, 15) is 9.90 Å². The van der Waals surface area contributed by atoms with Gasteiger partial charge in [0, 0.05) is 18.0 Å². The van der Waals surface area contributed by atoms with Crippen LogP contribution in [0.2, 0.25) is 5.02 Å². The van der Waals surface area contributed by atoms with Crippen molar-refractivity contribution in [3.63, 3.8) is 0 Å². The fraction of sp³-hybridized carbons (Fsp3) is 0.562. The molecule has 0 aliphatic heterocycles. The monoisotopic (exact) mass is 295 g/mol. The van der Waals surface area contributed by atoms with Crippen molar-refractivity contribution >= 4 is 17.5 Å². The van der Waals surface area contributed by atoms with Crippen LogP contribution in [0.4, 0.5) is 0 Å². The summed E-state index contributed by atoms with van der Waals surface area (Å²) in [6.07, 6.45) is 3.99. The standard InChI is InChI=1S/C16H22ClNO2/c1-12(9-13-3-5-14(17)6-4-13)10-15(19)18-11-16(20)7-2-8-16/h3-6,12,20H,2,7-11H2,1H3,(H,18,19). The Bertz CT molecular complexity index is 454. The third kappa shape index (κ3) is 4.50. The second-order valence-electron chi connectivity index (χ2n) is 5.99. The highest BCUT2D eigenvalue weighted by molar-refractivity contribution is 6.30. The largest absolute Gasteiger partial charge is 0.388 e. The second kappa shape index (κ2) is 6.59. The zero-order chi connectivity index (χ0) is 14.6. The van der Waals surface area contributed by atoms with Gasteiger partial charge in [0.05, 0.1) is 5.60 Å². The molecule has 1 saturated carbocycles. The minimum Gasteiger partial charge on any atom is -0.388 e. The van der Waals surface area contributed by atoms with E-state index < -0.39 is 5.60 Å². The van der Waals surface area contributed by atoms with Gasteiger partial charge in [0.2, 0.25) is 5.91 Å². The Balaban J connectivity index is 1.71. The van der Waals surface area contributed by atoms with Crippen LogP contribution < -0.4 is 5.32 Å². The molecule has 1 aliphatic carbocycles. The molecule has 0 radical (unpaired) electrons. The molecule has 1 aliphatic rings. The number of halogens is 1. The predicted molar refractivity (Wildman–Crippen MR) is 80.7 cm³/mol. The number of aliphatic hydroxyl groups is 1. The summed E-state index contributed by atoms with van der Waals surface area (Å²) >= 11 is 5.85. The Morgan fingerprint density at radius 1 is 1.40 bits per heavy atom. The normalized spacial score (nSPS) is 18.1. The van der Waals surface area contributed by atoms with Gasteiger partial charge in [-0.05, 0) is 49.3 Å². The summed E-state index contributed by atoms with van der Waals surface area (Å²) in [5, 5.41) is 13.5. The summed E-state index contributed by atoms with van der Waals surface area (Å²) in [6.45, 7) is 2.45. The minimum absolute atomic E-state index is 0.0202. The summed E-state index contributed by atoms with van der Waals surface area (Å²) < 4.78 is 0. The molecule has 2 rings (SSSR count). The van der Waals surface area contributed by atoms with Gasteiger partial charge in [-0.3, -0.25) is 4.79 Å². The van der Waals surface area contributed by atoms with Crippen molar-refractivity contribution < 1.29 is 9.90 Å². The summed E-state index contributed by atoms with van der Waals surface area (Å²) in [4.78, 5) is 11.8. The molecule has 1 aromatic carbocycles. The van der Waals surface area contributed by atoms with Gasteiger partial charge in [0.25, 0.3) is 0 Å². The number of hydrogen-bond acceptors (Lipinski definition) is 2. The fourth-order valence-corrected chi connectivity index (χ4v) is 2.63. The van der Waals surface area contributed by atoms with E-state index in [2.05, 4.69) is 12.2 Å². The lowest BCUT2D eigenvalue weighted by Gasteiger charge is -2.36. The first-order chi connectivity index (χ1) is 9.47. The maximum Gasteiger partial charge on any atom is 0.220 e. The highest BCUT2D eigenvalue weighted by Gasteiger charge is 2.34. The Morgan fingerprint density at radius 3 is 2.60 bits per heavy atom. The molecule has 2 N–H and O–H groups in total. The van der Waals surface area contributed by atoms with Crippen molar-refractivity contribution in [2.24, 2.45) is 5.92 Å². The van der Waals surface area contributed by atoms with E-state index in [1.165, 1.54) is 5.56 Å². The Morgan fingerprint density at radius 2 is 2.05 bits per heavy atom. The lowest BCUT2D eigenvalue weighted by molar-refractivity contribution is -0.124. The number of nitrogens with one attached hydrogen (secondary N) is 1. The van der Waals surface area contributed by atoms with Crippen molar-refractivity contribution in [3.8, 4) is 0 Å². The van der Waals surface area contributed by atoms with Gasteiger partial charge in [0.15, 0.2) is 0 Å². The summed E-state index contributed by atoms with van der Waals surface area (Å²) in [5.74, 6) is 0.291. The molecule has 0 aromatic heterocycles. The quantitative estimate of drug-likeness (QED) is 0.848. The van der Waals surface area contributed by atoms with Gasteiger partial charge in [0.1, 0.15) is 0 Å². The zero-order valence-corrected chi connectivity index (χ0v) is 12.6. The van der Waals surface area contributed by atoms with E-state index in [0.717, 1.165) is 30.7 Å². The number of carbonyl (C=O) groups excluding carboxylic acids is 1. The summed E-state index contributed by atoms with van der Waals surface area (Å²) in [7, 11) is 0. The van der Waals surface area contributed by atoms with Gasteiger partial charge in [-0.2, -0.15) is 0 Å². The van der Waals surface area contributed by atoms with Crippen LogP contribution in [0.15, 0.2) is 24.3 Å². The van der Waals surface area contributed by atoms with Crippen molar-refractivity contribution in [3.05, 3.63) is 34.9 Å². The molecule has 20 heavy (non-hydrogen) atoms. The van der Waals surface area contributed by atoms with Crippen LogP contribution in [0.5, 0.6) is 0 Å². The second-order valence-corrected chi connectivity index (χ2v) is 6.43. The molecule has 0 spiro atoms. The van der Waals surface area contributed by atoms with Gasteiger partial charge in [-0.15, -0.1) is 0 Å². The third-order valence-electron chi connectivity index (χ3n) is 3.93. The Kier molecular flexibility index (Phi) is 5.06. The highest BCUT2D eigenvalue weighted by atomic mass is 35.5. The summed E-state index contributed by atoms with van der Waals surface area (Å²) in [5.41, 5.74) is 0.544. The van der Waals surface area contributed by atoms with Crippen LogP contribution in [-0.4, -0.2) is 23.2 Å². The van der Waals surface area contributed by atoms with E-state index in [1.807, 2.05) is 24.3 Å². The van der Waals surface area contributed by atoms with Crippen molar-refractivity contribution in [2.75, 3.05) is 6.54 Å². The molecule has 1 unspecified atom stereocenters. The molecular formula is C16H22ClNO2. The minimum atomic E-state index is -0.644. The molecule has 4 heteroatoms. The Labute approximate surface area is 125 Å². The first kappa shape index (κ1) is 15.3. The number of hydrogen-bond donors (Lipinski definition) is 2. The van der Waals surface area contributed by atoms with Gasteiger partial charge in [-0.1, -0.05) is 30.7 Å². The molecule has 0 heterocycles. The average Bonchev–Trinajstić information content (AvgIpc) is 2.37. The molecule has 1 amide bonds. The molecule has 110 valence electrons. The van der Waals surface area contributed by atoms with E-state index >= 15 is 0 Å². The maximum absolute atomic E-state index is 11.8. The third-order valence-corrected chi connectivity index (χ3v) is 4.18. The number of amides is 1. The first-order valence-electron chi connectivity index (χ1n) is 7.20. The molecule has 0 bridgehead atoms. The van der Waals surface area contributed by atoms with Crippen molar-refractivity contribution in [1.29, 1.82) is 0 Å². The van der Waals surface area contributed by atoms with Crippen LogP contribution in [-0.2, 0) is 11.2 Å². The Hall–Kier alpha value is -1.06. The highest BCUT2D eigenvalue weighted by Crippen LogP contribution is 2.30. The number of rotatable bonds is 6. The topological polar surface area (TPSA) is 49.3 Å². The van der Waals surface area contributed by atoms with Gasteiger partial charge >= 0.3 is 0 Å². The first-order valence-corrected chi connectivity index (χ1v) is 7.58. The fourth-order valence-electron chi connectivity index (χ4n) is 2.51. The summed E-state index contributed by atoms with van der Waals surface area (Å²) in [6, 6.07) is 7.73. The number of benzene rings is 1. The lowest BCUT2D eigenvalue weighted by Crippen LogP contribution is -2.48. The molecule has 1 aromatic rings. The molecule has 3 nitrogen and oxygen atoms in total. The van der Waals surface area contributed by atoms with Crippen molar-refractivity contribution in [1.82, 2.24) is 5.32 Å². The molecule has 1 atom stereocenters. The predicted octanol–water partition coefficient (Wildman–Crippen LogP) is 2.94. The molecular weight excluding hydrogens is 274 g/mol. The van der Waals surface area contributed by atoms with Crippen LogP contribution >= 0.6 is 11.6 Å². The smallest absolute Gasteiger partial charge is 0.220 e. The van der Waals surface area contributed by atoms with Crippen LogP contribution in [0.3, 0.4) is 0 Å². The van der Waals surface area contributed by atoms with E-state index in [-0.39, 0.29) is 11.8 Å². The molecule has 0 saturated heterocycles. The lowest BCUT2D eigenvalue weighted by atomic mass is 9.80. The van der Waals surface area contributed by atoms with E-state index in [0.29, 0.717) is 13.0 Å². The number of carbonyl (C=O) groups is 1. The SMILES string of the molecule is CC(CC(=O)NCC1(O)CCC1)Cc1ccc(Cl)cc1. The maximum atomic E-state index is 11.8. The van der Waals surface area contributed by atoms with Gasteiger partial charge < -0.3 is 10.4 Å². The average molecular weight is 296 g/mol.